The summed E-state index contributed by atoms with van der Waals surface area (Å²) in [5.74, 6) is -5.43. The molecule has 0 spiro atoms. The van der Waals surface area contributed by atoms with E-state index < -0.39 is 73.5 Å². The van der Waals surface area contributed by atoms with Gasteiger partial charge in [-0.2, -0.15) is 13.2 Å². The van der Waals surface area contributed by atoms with E-state index in [-0.39, 0.29) is 51.2 Å². The Kier molecular flexibility index (Phi) is 16.0. The van der Waals surface area contributed by atoms with Crippen molar-refractivity contribution in [1.29, 1.82) is 0 Å². The number of halogens is 5. The Bertz CT molecular complexity index is 1540. The van der Waals surface area contributed by atoms with E-state index in [0.717, 1.165) is 0 Å². The number of esters is 1. The van der Waals surface area contributed by atoms with E-state index in [1.54, 1.807) is 51.1 Å². The predicted molar refractivity (Wildman–Crippen MR) is 203 cm³/mol. The highest BCUT2D eigenvalue weighted by atomic mass is 79.9. The van der Waals surface area contributed by atoms with Crippen LogP contribution in [-0.2, 0) is 36.5 Å². The highest BCUT2D eigenvalue weighted by Gasteiger charge is 2.47. The second-order valence-corrected chi connectivity index (χ2v) is 22.2. The van der Waals surface area contributed by atoms with Gasteiger partial charge in [0.05, 0.1) is 12.6 Å². The van der Waals surface area contributed by atoms with Gasteiger partial charge in [-0.1, -0.05) is 87.8 Å². The summed E-state index contributed by atoms with van der Waals surface area (Å²) in [6, 6.07) is 8.88. The Morgan fingerprint density at radius 1 is 0.868 bits per heavy atom. The first-order chi connectivity index (χ1) is 24.2. The molecule has 53 heavy (non-hydrogen) atoms. The van der Waals surface area contributed by atoms with Gasteiger partial charge in [-0.05, 0) is 76.2 Å². The fourth-order valence-electron chi connectivity index (χ4n) is 6.44. The first-order valence-corrected chi connectivity index (χ1v) is 20.5. The van der Waals surface area contributed by atoms with Gasteiger partial charge >= 0.3 is 24.1 Å². The van der Waals surface area contributed by atoms with E-state index in [2.05, 4.69) is 62.8 Å². The number of hydrogen-bond acceptors (Lipinski definition) is 7. The quantitative estimate of drug-likeness (QED) is 0.108. The number of benzene rings is 2. The highest BCUT2D eigenvalue weighted by Crippen LogP contribution is 2.43. The van der Waals surface area contributed by atoms with Crippen LogP contribution in [0.4, 0.5) is 28.0 Å². The minimum Gasteiger partial charge on any atom is -0.487 e. The van der Waals surface area contributed by atoms with Gasteiger partial charge in [0.1, 0.15) is 35.8 Å². The van der Waals surface area contributed by atoms with Crippen LogP contribution in [0.5, 0.6) is 5.75 Å². The number of alkyl carbamates (subject to hydrolysis) is 1. The molecule has 2 aromatic carbocycles. The third-order valence-electron chi connectivity index (χ3n) is 8.37. The highest BCUT2D eigenvalue weighted by molar-refractivity contribution is 9.10. The molecule has 0 heterocycles. The lowest BCUT2D eigenvalue weighted by molar-refractivity contribution is -0.171. The van der Waals surface area contributed by atoms with Crippen LogP contribution in [0.15, 0.2) is 40.9 Å². The van der Waals surface area contributed by atoms with E-state index in [1.807, 2.05) is 0 Å². The van der Waals surface area contributed by atoms with Crippen molar-refractivity contribution in [3.05, 3.63) is 57.8 Å². The summed E-state index contributed by atoms with van der Waals surface area (Å²) in [7, 11) is -2.53. The Labute approximate surface area is 320 Å². The molecule has 0 aliphatic carbocycles. The molecule has 0 saturated carbocycles. The largest absolute Gasteiger partial charge is 0.487 e. The van der Waals surface area contributed by atoms with Crippen molar-refractivity contribution >= 4 is 47.9 Å². The van der Waals surface area contributed by atoms with Crippen LogP contribution in [0, 0.1) is 5.82 Å². The van der Waals surface area contributed by atoms with Crippen molar-refractivity contribution in [2.24, 2.45) is 0 Å². The van der Waals surface area contributed by atoms with E-state index in [4.69, 9.17) is 18.6 Å². The van der Waals surface area contributed by atoms with Crippen LogP contribution in [0.3, 0.4) is 0 Å². The predicted octanol–water partition coefficient (Wildman–Crippen LogP) is 10.0. The summed E-state index contributed by atoms with van der Waals surface area (Å²) >= 11 is 3.37. The van der Waals surface area contributed by atoms with E-state index in [0.29, 0.717) is 5.56 Å². The smallest absolute Gasteiger partial charge is 0.471 e. The van der Waals surface area contributed by atoms with Crippen molar-refractivity contribution < 1.29 is 50.6 Å². The average molecular weight is 836 g/mol. The van der Waals surface area contributed by atoms with Crippen molar-refractivity contribution in [1.82, 2.24) is 5.32 Å². The molecule has 2 aromatic rings. The normalized spacial score (nSPS) is 13.3. The molecule has 0 aromatic heterocycles. The number of amides is 2. The van der Waals surface area contributed by atoms with Crippen LogP contribution in [0.2, 0.25) is 16.6 Å². The third kappa shape index (κ3) is 13.3. The molecule has 0 saturated heterocycles. The summed E-state index contributed by atoms with van der Waals surface area (Å²) in [6.45, 7) is 20.5. The van der Waals surface area contributed by atoms with Crippen LogP contribution in [0.25, 0.3) is 0 Å². The van der Waals surface area contributed by atoms with Crippen LogP contribution >= 0.6 is 15.9 Å². The van der Waals surface area contributed by atoms with Gasteiger partial charge < -0.3 is 24.0 Å². The summed E-state index contributed by atoms with van der Waals surface area (Å²) in [6.07, 6.45) is -6.63. The lowest BCUT2D eigenvalue weighted by atomic mass is 10.0. The Hall–Kier alpha value is -3.17. The fraction of sp³-hybridized carbons (Fsp3) is 0.605. The molecule has 298 valence electrons. The first kappa shape index (κ1) is 46.0. The van der Waals surface area contributed by atoms with Gasteiger partial charge in [0.15, 0.2) is 14.1 Å². The second kappa shape index (κ2) is 18.4. The maximum absolute atomic E-state index is 17.1. The number of carbonyl (C=O) groups excluding carboxylic acids is 3. The monoisotopic (exact) mass is 834 g/mol. The molecule has 0 radical (unpaired) electrons. The lowest BCUT2D eigenvalue weighted by Crippen LogP contribution is -2.51. The molecule has 0 bridgehead atoms. The molecule has 0 unspecified atom stereocenters. The molecule has 0 fully saturated rings. The van der Waals surface area contributed by atoms with Gasteiger partial charge in [-0.3, -0.25) is 14.5 Å². The molecule has 0 aliphatic rings. The van der Waals surface area contributed by atoms with Gasteiger partial charge in [-0.15, -0.1) is 0 Å². The second-order valence-electron chi connectivity index (χ2n) is 15.9. The molecule has 0 aliphatic heterocycles. The molecule has 2 amide bonds. The number of alkyl halides is 3. The number of ether oxygens (including phenoxy) is 3. The van der Waals surface area contributed by atoms with Crippen LogP contribution in [0.1, 0.15) is 94.2 Å². The van der Waals surface area contributed by atoms with Crippen molar-refractivity contribution in [3.63, 3.8) is 0 Å². The number of hydrogen-bond donors (Lipinski definition) is 1. The molecular weight excluding hydrogens is 780 g/mol. The molecule has 1 N–H and O–H groups in total. The van der Waals surface area contributed by atoms with Crippen molar-refractivity contribution in [2.45, 2.75) is 136 Å². The topological polar surface area (TPSA) is 103 Å². The maximum Gasteiger partial charge on any atom is 0.471 e. The molecule has 2 rings (SSSR count). The van der Waals surface area contributed by atoms with Crippen LogP contribution < -0.4 is 15.0 Å². The minimum atomic E-state index is -5.51. The molecule has 1 atom stereocenters. The zero-order valence-electron chi connectivity index (χ0n) is 32.8. The summed E-state index contributed by atoms with van der Waals surface area (Å²) in [5.41, 5.74) is -2.03. The minimum absolute atomic E-state index is 0.0132. The Morgan fingerprint density at radius 2 is 1.40 bits per heavy atom. The van der Waals surface area contributed by atoms with E-state index in [9.17, 15) is 27.6 Å². The van der Waals surface area contributed by atoms with E-state index >= 15 is 4.39 Å². The number of anilines is 1. The third-order valence-corrected chi connectivity index (χ3v) is 15.2. The number of nitrogens with one attached hydrogen (secondary N) is 1. The number of rotatable bonds is 15. The standard InChI is InChI=1S/C38H55BrF4N2O7Si/c1-23(2)53(24(3)4,25(5)6)50-22-27(44-35(48)52-37(10,11)12)18-28-29(39)19-30(49-21-26-16-14-13-15-17-26)33(32(28)40)45(34(47)38(41,42)43)20-31(46)51-36(7,8)9/h13-17,19,23-25,27H,18,20-22H2,1-12H3,(H,44,48)/t27-/m1/s1. The SMILES string of the molecule is CC(C)[Si](OC[C@@H](Cc1c(Br)cc(OCc2ccccc2)c(N(CC(=O)OC(C)(C)C)C(=O)C(F)(F)F)c1F)NC(=O)OC(C)(C)C)(C(C)C)C(C)C. The van der Waals surface area contributed by atoms with Gasteiger partial charge in [0.25, 0.3) is 0 Å². The zero-order chi connectivity index (χ0) is 40.7. The number of nitrogens with zero attached hydrogens (tertiary/aromatic N) is 1. The Balaban J connectivity index is 2.82. The molecular formula is C38H55BrF4N2O7Si. The van der Waals surface area contributed by atoms with E-state index in [1.165, 1.54) is 26.8 Å². The fourth-order valence-corrected chi connectivity index (χ4v) is 12.5. The van der Waals surface area contributed by atoms with Gasteiger partial charge in [-0.25, -0.2) is 9.18 Å². The van der Waals surface area contributed by atoms with Gasteiger partial charge in [0.2, 0.25) is 0 Å². The Morgan fingerprint density at radius 3 is 1.87 bits per heavy atom. The maximum atomic E-state index is 17.1. The zero-order valence-corrected chi connectivity index (χ0v) is 35.4. The summed E-state index contributed by atoms with van der Waals surface area (Å²) in [5, 5.41) is 2.76. The van der Waals surface area contributed by atoms with Crippen LogP contribution in [-0.4, -0.2) is 62.9 Å². The lowest BCUT2D eigenvalue weighted by Gasteiger charge is -2.43. The number of carbonyl (C=O) groups is 3. The van der Waals surface area contributed by atoms with Gasteiger partial charge in [0, 0.05) is 10.0 Å². The van der Waals surface area contributed by atoms with Crippen molar-refractivity contribution in [2.75, 3.05) is 18.1 Å². The van der Waals surface area contributed by atoms with Crippen molar-refractivity contribution in [3.8, 4) is 5.75 Å². The summed E-state index contributed by atoms with van der Waals surface area (Å²) in [4.78, 5) is 39.1. The molecule has 9 nitrogen and oxygen atoms in total. The average Bonchev–Trinajstić information content (AvgIpc) is 2.98. The molecule has 15 heteroatoms. The summed E-state index contributed by atoms with van der Waals surface area (Å²) < 4.78 is 83.1. The first-order valence-electron chi connectivity index (χ1n) is 17.6.